The fraction of sp³-hybridized carbons (Fsp3) is 0.231. The highest BCUT2D eigenvalue weighted by molar-refractivity contribution is 5.94. The van der Waals surface area contributed by atoms with Crippen LogP contribution >= 0.6 is 0 Å². The van der Waals surface area contributed by atoms with Crippen LogP contribution in [0.5, 0.6) is 0 Å². The van der Waals surface area contributed by atoms with Gasteiger partial charge in [0.25, 0.3) is 11.5 Å². The normalized spacial score (nSPS) is 10.3. The molecule has 0 aliphatic rings. The van der Waals surface area contributed by atoms with E-state index < -0.39 is 46.3 Å². The van der Waals surface area contributed by atoms with E-state index in [1.165, 1.54) is 14.1 Å². The molecule has 0 unspecified atom stereocenters. The highest BCUT2D eigenvalue weighted by Crippen LogP contribution is 2.16. The summed E-state index contributed by atoms with van der Waals surface area (Å²) in [5, 5.41) is 12.7. The van der Waals surface area contributed by atoms with Crippen molar-refractivity contribution in [2.75, 3.05) is 11.9 Å². The van der Waals surface area contributed by atoms with E-state index >= 15 is 0 Å². The highest BCUT2D eigenvalue weighted by Gasteiger charge is 2.19. The third kappa shape index (κ3) is 3.80. The number of hydrogen-bond acceptors (Lipinski definition) is 8. The van der Waals surface area contributed by atoms with E-state index in [-0.39, 0.29) is 5.82 Å². The van der Waals surface area contributed by atoms with Gasteiger partial charge in [-0.25, -0.2) is 9.59 Å². The van der Waals surface area contributed by atoms with E-state index in [0.717, 1.165) is 27.3 Å². The molecule has 0 aliphatic heterocycles. The molecule has 2 heterocycles. The van der Waals surface area contributed by atoms with Crippen LogP contribution in [0.4, 0.5) is 11.7 Å². The number of carbonyl (C=O) groups is 2. The van der Waals surface area contributed by atoms with Crippen molar-refractivity contribution < 1.29 is 23.7 Å². The van der Waals surface area contributed by atoms with Crippen LogP contribution < -0.4 is 16.6 Å². The summed E-state index contributed by atoms with van der Waals surface area (Å²) in [7, 11) is 2.62. The quantitative estimate of drug-likeness (QED) is 0.424. The van der Waals surface area contributed by atoms with Gasteiger partial charge in [-0.1, -0.05) is 0 Å². The summed E-state index contributed by atoms with van der Waals surface area (Å²) in [6.45, 7) is -0.753. The van der Waals surface area contributed by atoms with E-state index in [9.17, 15) is 29.3 Å². The molecule has 132 valence electrons. The zero-order valence-corrected chi connectivity index (χ0v) is 13.0. The maximum Gasteiger partial charge on any atom is 0.433 e. The van der Waals surface area contributed by atoms with E-state index in [4.69, 9.17) is 0 Å². The predicted octanol–water partition coefficient (Wildman–Crippen LogP) is -0.619. The summed E-state index contributed by atoms with van der Waals surface area (Å²) < 4.78 is 11.1. The van der Waals surface area contributed by atoms with Crippen LogP contribution in [0.15, 0.2) is 32.2 Å². The Bertz CT molecular complexity index is 967. The first-order valence-corrected chi connectivity index (χ1v) is 6.69. The second kappa shape index (κ2) is 6.82. The molecule has 0 fully saturated rings. The zero-order valence-electron chi connectivity index (χ0n) is 13.0. The molecule has 2 rings (SSSR count). The van der Waals surface area contributed by atoms with Crippen LogP contribution in [0.2, 0.25) is 0 Å². The SMILES string of the molecule is Cn1c(NC(=O)COC(=O)c2ccc([N+](=O)[O-])o2)cc(=O)n(C)c1=O. The molecule has 1 amide bonds. The van der Waals surface area contributed by atoms with Crippen molar-refractivity contribution in [2.45, 2.75) is 0 Å². The smallest absolute Gasteiger partial charge is 0.433 e. The first-order chi connectivity index (χ1) is 11.7. The van der Waals surface area contributed by atoms with Crippen LogP contribution in [0.3, 0.4) is 0 Å². The average Bonchev–Trinajstić information content (AvgIpc) is 3.06. The summed E-state index contributed by atoms with van der Waals surface area (Å²) in [6.07, 6.45) is 0. The largest absolute Gasteiger partial charge is 0.450 e. The van der Waals surface area contributed by atoms with Gasteiger partial charge in [-0.3, -0.25) is 28.8 Å². The molecule has 0 saturated carbocycles. The average molecular weight is 352 g/mol. The van der Waals surface area contributed by atoms with Crippen molar-refractivity contribution in [3.8, 4) is 0 Å². The van der Waals surface area contributed by atoms with Crippen LogP contribution in [-0.2, 0) is 23.6 Å². The van der Waals surface area contributed by atoms with Crippen molar-refractivity contribution in [2.24, 2.45) is 14.1 Å². The highest BCUT2D eigenvalue weighted by atomic mass is 16.7. The summed E-state index contributed by atoms with van der Waals surface area (Å²) in [5.74, 6) is -3.08. The fourth-order valence-electron chi connectivity index (χ4n) is 1.77. The summed E-state index contributed by atoms with van der Waals surface area (Å²) in [5.41, 5.74) is -1.28. The summed E-state index contributed by atoms with van der Waals surface area (Å²) in [6, 6.07) is 3.02. The monoisotopic (exact) mass is 352 g/mol. The van der Waals surface area contributed by atoms with Gasteiger partial charge in [-0.05, 0) is 6.07 Å². The zero-order chi connectivity index (χ0) is 18.7. The van der Waals surface area contributed by atoms with Gasteiger partial charge in [0.2, 0.25) is 5.76 Å². The number of nitro groups is 1. The number of anilines is 1. The van der Waals surface area contributed by atoms with Crippen molar-refractivity contribution in [3.05, 3.63) is 54.9 Å². The molecule has 2 aromatic rings. The second-order valence-corrected chi connectivity index (χ2v) is 4.79. The maximum atomic E-state index is 11.8. The standard InChI is InChI=1S/C13H12N4O8/c1-15-8(5-10(19)16(2)13(15)21)14-9(18)6-24-12(20)7-3-4-11(25-7)17(22)23/h3-5H,6H2,1-2H3,(H,14,18). The Morgan fingerprint density at radius 1 is 1.28 bits per heavy atom. The van der Waals surface area contributed by atoms with Crippen molar-refractivity contribution in [3.63, 3.8) is 0 Å². The van der Waals surface area contributed by atoms with E-state index in [1.54, 1.807) is 0 Å². The Morgan fingerprint density at radius 3 is 2.56 bits per heavy atom. The lowest BCUT2D eigenvalue weighted by Crippen LogP contribution is -2.38. The lowest BCUT2D eigenvalue weighted by atomic mass is 10.4. The lowest BCUT2D eigenvalue weighted by Gasteiger charge is -2.10. The van der Waals surface area contributed by atoms with E-state index in [2.05, 4.69) is 14.5 Å². The minimum atomic E-state index is -1.08. The molecule has 12 heteroatoms. The Labute approximate surface area is 138 Å². The summed E-state index contributed by atoms with van der Waals surface area (Å²) in [4.78, 5) is 56.3. The van der Waals surface area contributed by atoms with Gasteiger partial charge in [0.1, 0.15) is 10.7 Å². The molecule has 2 aromatic heterocycles. The van der Waals surface area contributed by atoms with Gasteiger partial charge >= 0.3 is 17.5 Å². The number of nitrogens with zero attached hydrogens (tertiary/aromatic N) is 3. The van der Waals surface area contributed by atoms with Crippen LogP contribution in [-0.4, -0.2) is 32.5 Å². The minimum Gasteiger partial charge on any atom is -0.450 e. The number of esters is 1. The number of amides is 1. The molecule has 0 saturated heterocycles. The van der Waals surface area contributed by atoms with Crippen molar-refractivity contribution in [1.82, 2.24) is 9.13 Å². The third-order valence-electron chi connectivity index (χ3n) is 3.10. The first kappa shape index (κ1) is 17.7. The molecule has 25 heavy (non-hydrogen) atoms. The van der Waals surface area contributed by atoms with Gasteiger partial charge in [0.15, 0.2) is 6.61 Å². The molecule has 0 bridgehead atoms. The van der Waals surface area contributed by atoms with Crippen molar-refractivity contribution >= 4 is 23.6 Å². The van der Waals surface area contributed by atoms with Crippen molar-refractivity contribution in [1.29, 1.82) is 0 Å². The number of hydrogen-bond donors (Lipinski definition) is 1. The van der Waals surface area contributed by atoms with E-state index in [0.29, 0.717) is 0 Å². The van der Waals surface area contributed by atoms with Crippen LogP contribution in [0.1, 0.15) is 10.6 Å². The fourth-order valence-corrected chi connectivity index (χ4v) is 1.77. The Hall–Kier alpha value is -3.70. The molecule has 0 atom stereocenters. The van der Waals surface area contributed by atoms with Gasteiger partial charge in [0, 0.05) is 20.2 Å². The molecule has 0 radical (unpaired) electrons. The summed E-state index contributed by atoms with van der Waals surface area (Å²) >= 11 is 0. The van der Waals surface area contributed by atoms with Gasteiger partial charge < -0.3 is 14.5 Å². The Kier molecular flexibility index (Phi) is 4.81. The lowest BCUT2D eigenvalue weighted by molar-refractivity contribution is -0.402. The number of rotatable bonds is 5. The molecular formula is C13H12N4O8. The second-order valence-electron chi connectivity index (χ2n) is 4.79. The number of nitrogens with one attached hydrogen (secondary N) is 1. The topological polar surface area (TPSA) is 156 Å². The Balaban J connectivity index is 2.01. The van der Waals surface area contributed by atoms with Gasteiger partial charge in [-0.2, -0.15) is 0 Å². The number of furan rings is 1. The molecule has 0 spiro atoms. The molecule has 0 aliphatic carbocycles. The molecule has 0 aromatic carbocycles. The predicted molar refractivity (Wildman–Crippen MR) is 81.2 cm³/mol. The number of aromatic nitrogens is 2. The first-order valence-electron chi connectivity index (χ1n) is 6.69. The number of carbonyl (C=O) groups excluding carboxylic acids is 2. The van der Waals surface area contributed by atoms with E-state index in [1.807, 2.05) is 0 Å². The van der Waals surface area contributed by atoms with Gasteiger partial charge in [-0.15, -0.1) is 0 Å². The van der Waals surface area contributed by atoms with Crippen LogP contribution in [0.25, 0.3) is 0 Å². The molecule has 1 N–H and O–H groups in total. The molecular weight excluding hydrogens is 340 g/mol. The van der Waals surface area contributed by atoms with Crippen LogP contribution in [0, 0.1) is 10.1 Å². The third-order valence-corrected chi connectivity index (χ3v) is 3.10. The molecule has 12 nitrogen and oxygen atoms in total. The minimum absolute atomic E-state index is 0.0808. The maximum absolute atomic E-state index is 11.8. The number of ether oxygens (including phenoxy) is 1. The Morgan fingerprint density at radius 2 is 1.96 bits per heavy atom. The van der Waals surface area contributed by atoms with Gasteiger partial charge in [0.05, 0.1) is 6.07 Å².